The van der Waals surface area contributed by atoms with Crippen molar-refractivity contribution >= 4 is 5.97 Å². The number of hydrogen-bond acceptors (Lipinski definition) is 2. The minimum Gasteiger partial charge on any atom is -0.477 e. The molecule has 2 heterocycles. The fourth-order valence-corrected chi connectivity index (χ4v) is 2.78. The second-order valence-electron chi connectivity index (χ2n) is 5.19. The van der Waals surface area contributed by atoms with Crippen LogP contribution in [0, 0.1) is 0 Å². The number of aromatic carboxylic acids is 1. The zero-order valence-corrected chi connectivity index (χ0v) is 13.2. The molecule has 3 rings (SSSR count). The predicted molar refractivity (Wildman–Crippen MR) is 87.5 cm³/mol. The van der Waals surface area contributed by atoms with E-state index in [2.05, 4.69) is 6.07 Å². The van der Waals surface area contributed by atoms with E-state index in [0.29, 0.717) is 0 Å². The molecule has 2 aromatic rings. The molecule has 4 heteroatoms. The van der Waals surface area contributed by atoms with Crippen molar-refractivity contribution in [3.63, 3.8) is 0 Å². The number of aryl methyl sites for hydroxylation is 1. The van der Waals surface area contributed by atoms with E-state index in [1.165, 1.54) is 17.8 Å². The van der Waals surface area contributed by atoms with Gasteiger partial charge in [-0.3, -0.25) is 4.79 Å². The first-order valence-electron chi connectivity index (χ1n) is 7.65. The molecule has 22 heavy (non-hydrogen) atoms. The van der Waals surface area contributed by atoms with Gasteiger partial charge >= 0.3 is 5.97 Å². The molecule has 4 nitrogen and oxygen atoms in total. The van der Waals surface area contributed by atoms with Crippen LogP contribution in [0.1, 0.15) is 49.2 Å². The number of fused-ring (bicyclic) bond motifs is 3. The number of hydrogen-bond donors (Lipinski definition) is 1. The monoisotopic (exact) mass is 299 g/mol. The number of rotatable bonds is 1. The van der Waals surface area contributed by atoms with Gasteiger partial charge < -0.3 is 9.67 Å². The van der Waals surface area contributed by atoms with Crippen LogP contribution >= 0.6 is 0 Å². The molecule has 0 spiro atoms. The highest BCUT2D eigenvalue weighted by Crippen LogP contribution is 2.32. The van der Waals surface area contributed by atoms with Gasteiger partial charge in [-0.25, -0.2) is 4.79 Å². The Labute approximate surface area is 130 Å². The Hall–Kier alpha value is -2.36. The van der Waals surface area contributed by atoms with E-state index in [0.717, 1.165) is 24.1 Å². The Balaban J connectivity index is 0.000000847. The highest BCUT2D eigenvalue weighted by molar-refractivity contribution is 5.87. The van der Waals surface area contributed by atoms with Crippen molar-refractivity contribution in [2.75, 3.05) is 0 Å². The fraction of sp³-hybridized carbons (Fsp3) is 0.333. The van der Waals surface area contributed by atoms with Crippen molar-refractivity contribution < 1.29 is 9.90 Å². The van der Waals surface area contributed by atoms with Crippen LogP contribution in [0.4, 0.5) is 0 Å². The highest BCUT2D eigenvalue weighted by atomic mass is 16.4. The molecule has 1 aliphatic rings. The van der Waals surface area contributed by atoms with E-state index in [4.69, 9.17) is 5.11 Å². The molecule has 1 N–H and O–H groups in total. The summed E-state index contributed by atoms with van der Waals surface area (Å²) in [5.41, 5.74) is 2.42. The molecule has 0 unspecified atom stereocenters. The standard InChI is InChI=1S/C16H15NO3.C2H6/c1-10-6-7-11-4-2-3-5-12(11)14-8-15(18)13(16(19)20)9-17(10)14;1-2/h2-5,8-10H,6-7H2,1H3,(H,19,20);1-2H3/t10-;/m0./s1. The van der Waals surface area contributed by atoms with Gasteiger partial charge in [-0.15, -0.1) is 0 Å². The lowest BCUT2D eigenvalue weighted by Gasteiger charge is -2.18. The molecule has 116 valence electrons. The molecule has 1 aliphatic heterocycles. The summed E-state index contributed by atoms with van der Waals surface area (Å²) in [6, 6.07) is 9.59. The molecule has 0 amide bonds. The lowest BCUT2D eigenvalue weighted by molar-refractivity contribution is 0.0694. The van der Waals surface area contributed by atoms with Crippen molar-refractivity contribution in [1.82, 2.24) is 4.57 Å². The van der Waals surface area contributed by atoms with Gasteiger partial charge in [0.15, 0.2) is 5.43 Å². The molecule has 0 fully saturated rings. The summed E-state index contributed by atoms with van der Waals surface area (Å²) in [5, 5.41) is 9.11. The van der Waals surface area contributed by atoms with Gasteiger partial charge in [0.2, 0.25) is 0 Å². The van der Waals surface area contributed by atoms with Crippen LogP contribution < -0.4 is 5.43 Å². The number of carbonyl (C=O) groups is 1. The first-order chi connectivity index (χ1) is 10.6. The average Bonchev–Trinajstić information content (AvgIpc) is 2.66. The summed E-state index contributed by atoms with van der Waals surface area (Å²) < 4.78 is 1.91. The zero-order chi connectivity index (χ0) is 16.3. The van der Waals surface area contributed by atoms with E-state index in [-0.39, 0.29) is 11.6 Å². The number of pyridine rings is 1. The first-order valence-corrected chi connectivity index (χ1v) is 7.65. The van der Waals surface area contributed by atoms with Crippen LogP contribution in [0.5, 0.6) is 0 Å². The molecule has 0 radical (unpaired) electrons. The summed E-state index contributed by atoms with van der Waals surface area (Å²) >= 11 is 0. The number of carboxylic acids is 1. The van der Waals surface area contributed by atoms with E-state index in [1.807, 2.05) is 43.5 Å². The van der Waals surface area contributed by atoms with Crippen LogP contribution in [0.2, 0.25) is 0 Å². The van der Waals surface area contributed by atoms with Crippen LogP contribution in [0.3, 0.4) is 0 Å². The Morgan fingerprint density at radius 3 is 2.64 bits per heavy atom. The third kappa shape index (κ3) is 2.82. The Morgan fingerprint density at radius 2 is 1.95 bits per heavy atom. The van der Waals surface area contributed by atoms with E-state index < -0.39 is 11.4 Å². The Bertz CT molecular complexity index is 746. The number of carboxylic acid groups (broad SMARTS) is 1. The van der Waals surface area contributed by atoms with Crippen LogP contribution in [0.25, 0.3) is 11.3 Å². The Kier molecular flexibility index (Phi) is 4.81. The molecular weight excluding hydrogens is 278 g/mol. The smallest absolute Gasteiger partial charge is 0.341 e. The van der Waals surface area contributed by atoms with Crippen molar-refractivity contribution in [1.29, 1.82) is 0 Å². The van der Waals surface area contributed by atoms with Crippen LogP contribution in [-0.2, 0) is 6.42 Å². The number of aromatic nitrogens is 1. The SMILES string of the molecule is CC.C[C@H]1CCc2ccccc2-c2cc(=O)c(C(=O)O)cn21. The van der Waals surface area contributed by atoms with E-state index in [9.17, 15) is 9.59 Å². The third-order valence-electron chi connectivity index (χ3n) is 3.91. The summed E-state index contributed by atoms with van der Waals surface area (Å²) in [5.74, 6) is -1.17. The fourth-order valence-electron chi connectivity index (χ4n) is 2.78. The summed E-state index contributed by atoms with van der Waals surface area (Å²) in [7, 11) is 0. The minimum atomic E-state index is -1.17. The highest BCUT2D eigenvalue weighted by Gasteiger charge is 2.21. The molecule has 0 bridgehead atoms. The van der Waals surface area contributed by atoms with Gasteiger partial charge in [-0.05, 0) is 25.3 Å². The molecule has 0 saturated heterocycles. The first kappa shape index (κ1) is 16.0. The van der Waals surface area contributed by atoms with Gasteiger partial charge in [0.05, 0.1) is 5.69 Å². The topological polar surface area (TPSA) is 59.3 Å². The maximum Gasteiger partial charge on any atom is 0.341 e. The van der Waals surface area contributed by atoms with Gasteiger partial charge in [-0.1, -0.05) is 38.1 Å². The van der Waals surface area contributed by atoms with Crippen molar-refractivity contribution in [2.45, 2.75) is 39.7 Å². The lowest BCUT2D eigenvalue weighted by atomic mass is 10.0. The van der Waals surface area contributed by atoms with E-state index in [1.54, 1.807) is 0 Å². The van der Waals surface area contributed by atoms with Gasteiger partial charge in [0, 0.05) is 23.9 Å². The van der Waals surface area contributed by atoms with Crippen molar-refractivity contribution in [2.24, 2.45) is 0 Å². The summed E-state index contributed by atoms with van der Waals surface area (Å²) in [6.07, 6.45) is 3.33. The normalized spacial score (nSPS) is 15.7. The molecule has 1 atom stereocenters. The lowest BCUT2D eigenvalue weighted by Crippen LogP contribution is -2.19. The maximum absolute atomic E-state index is 12.0. The Morgan fingerprint density at radius 1 is 1.27 bits per heavy atom. The number of benzene rings is 1. The van der Waals surface area contributed by atoms with E-state index >= 15 is 0 Å². The molecule has 1 aromatic carbocycles. The third-order valence-corrected chi connectivity index (χ3v) is 3.91. The quantitative estimate of drug-likeness (QED) is 0.872. The van der Waals surface area contributed by atoms with Gasteiger partial charge in [0.1, 0.15) is 5.56 Å². The minimum absolute atomic E-state index is 0.163. The largest absolute Gasteiger partial charge is 0.477 e. The summed E-state index contributed by atoms with van der Waals surface area (Å²) in [6.45, 7) is 6.05. The molecular formula is C18H21NO3. The zero-order valence-electron chi connectivity index (χ0n) is 13.2. The van der Waals surface area contributed by atoms with Crippen LogP contribution in [0.15, 0.2) is 41.3 Å². The number of nitrogens with zero attached hydrogens (tertiary/aromatic N) is 1. The summed E-state index contributed by atoms with van der Waals surface area (Å²) in [4.78, 5) is 23.1. The van der Waals surface area contributed by atoms with Crippen molar-refractivity contribution in [3.05, 3.63) is 57.9 Å². The molecule has 0 saturated carbocycles. The molecule has 0 aliphatic carbocycles. The predicted octanol–water partition coefficient (Wildman–Crippen LogP) is 3.75. The maximum atomic E-state index is 12.0. The van der Waals surface area contributed by atoms with Gasteiger partial charge in [0.25, 0.3) is 0 Å². The second kappa shape index (κ2) is 6.60. The second-order valence-corrected chi connectivity index (χ2v) is 5.19. The molecule has 1 aromatic heterocycles. The van der Waals surface area contributed by atoms with Gasteiger partial charge in [-0.2, -0.15) is 0 Å². The van der Waals surface area contributed by atoms with Crippen LogP contribution in [-0.4, -0.2) is 15.6 Å². The average molecular weight is 299 g/mol. The van der Waals surface area contributed by atoms with Crippen molar-refractivity contribution in [3.8, 4) is 11.3 Å².